The molecule has 0 bridgehead atoms. The Bertz CT molecular complexity index is 484. The highest BCUT2D eigenvalue weighted by Crippen LogP contribution is 2.24. The number of ether oxygens (including phenoxy) is 1. The quantitative estimate of drug-likeness (QED) is 0.834. The first kappa shape index (κ1) is 19.1. The highest BCUT2D eigenvalue weighted by molar-refractivity contribution is 7.98. The molecular weight excluding hydrogens is 320 g/mol. The number of nitrogens with two attached hydrogens (primary N) is 1. The van der Waals surface area contributed by atoms with Crippen LogP contribution in [-0.4, -0.2) is 42.3 Å². The SMILES string of the molecule is CSc1ccc(OC(C)C(=O)N2CC(CN)CC2C)cc1.Cl. The lowest BCUT2D eigenvalue weighted by molar-refractivity contribution is -0.138. The molecule has 3 atom stereocenters. The van der Waals surface area contributed by atoms with Crippen LogP contribution in [0.5, 0.6) is 5.75 Å². The van der Waals surface area contributed by atoms with Gasteiger partial charge in [0.15, 0.2) is 6.10 Å². The summed E-state index contributed by atoms with van der Waals surface area (Å²) in [5.41, 5.74) is 5.71. The first-order chi connectivity index (χ1) is 10.0. The van der Waals surface area contributed by atoms with Crippen LogP contribution in [0, 0.1) is 5.92 Å². The van der Waals surface area contributed by atoms with Gasteiger partial charge in [-0.3, -0.25) is 4.79 Å². The van der Waals surface area contributed by atoms with Crippen molar-refractivity contribution in [1.29, 1.82) is 0 Å². The summed E-state index contributed by atoms with van der Waals surface area (Å²) in [6, 6.07) is 8.06. The molecule has 0 radical (unpaired) electrons. The number of carbonyl (C=O) groups is 1. The van der Waals surface area contributed by atoms with Crippen molar-refractivity contribution in [2.45, 2.75) is 37.3 Å². The molecule has 0 aromatic heterocycles. The molecule has 0 spiro atoms. The van der Waals surface area contributed by atoms with Gasteiger partial charge in [0.2, 0.25) is 0 Å². The number of likely N-dealkylation sites (tertiary alicyclic amines) is 1. The van der Waals surface area contributed by atoms with E-state index in [9.17, 15) is 4.79 Å². The van der Waals surface area contributed by atoms with E-state index in [0.29, 0.717) is 12.5 Å². The Balaban J connectivity index is 0.00000242. The number of nitrogens with zero attached hydrogens (tertiary/aromatic N) is 1. The van der Waals surface area contributed by atoms with Gasteiger partial charge in [-0.05, 0) is 63.3 Å². The summed E-state index contributed by atoms with van der Waals surface area (Å²) in [6.45, 7) is 5.27. The molecule has 1 saturated heterocycles. The number of benzene rings is 1. The molecule has 0 aliphatic carbocycles. The third kappa shape index (κ3) is 4.54. The number of halogens is 1. The molecule has 2 rings (SSSR count). The van der Waals surface area contributed by atoms with Gasteiger partial charge in [-0.2, -0.15) is 0 Å². The van der Waals surface area contributed by atoms with Gasteiger partial charge in [0.25, 0.3) is 5.91 Å². The highest BCUT2D eigenvalue weighted by Gasteiger charge is 2.34. The fraction of sp³-hybridized carbons (Fsp3) is 0.562. The molecule has 3 unspecified atom stereocenters. The molecule has 1 aromatic carbocycles. The van der Waals surface area contributed by atoms with Crippen LogP contribution in [0.4, 0.5) is 0 Å². The zero-order valence-electron chi connectivity index (χ0n) is 13.3. The van der Waals surface area contributed by atoms with Crippen LogP contribution in [0.15, 0.2) is 29.2 Å². The van der Waals surface area contributed by atoms with Gasteiger partial charge in [0, 0.05) is 17.5 Å². The van der Waals surface area contributed by atoms with Crippen molar-refractivity contribution in [3.05, 3.63) is 24.3 Å². The van der Waals surface area contributed by atoms with Crippen molar-refractivity contribution in [3.8, 4) is 5.75 Å². The van der Waals surface area contributed by atoms with E-state index in [0.717, 1.165) is 18.7 Å². The fourth-order valence-corrected chi connectivity index (χ4v) is 3.17. The van der Waals surface area contributed by atoms with E-state index in [1.807, 2.05) is 42.3 Å². The maximum atomic E-state index is 12.5. The Hall–Kier alpha value is -0.910. The summed E-state index contributed by atoms with van der Waals surface area (Å²) in [5.74, 6) is 1.19. The monoisotopic (exact) mass is 344 g/mol. The predicted molar refractivity (Wildman–Crippen MR) is 93.9 cm³/mol. The first-order valence-electron chi connectivity index (χ1n) is 7.36. The van der Waals surface area contributed by atoms with Crippen molar-refractivity contribution in [2.75, 3.05) is 19.3 Å². The number of hydrogen-bond donors (Lipinski definition) is 1. The molecule has 4 nitrogen and oxygen atoms in total. The molecular formula is C16H25ClN2O2S. The van der Waals surface area contributed by atoms with Crippen LogP contribution >= 0.6 is 24.2 Å². The normalized spacial score (nSPS) is 22.1. The third-order valence-corrected chi connectivity index (χ3v) is 4.74. The van der Waals surface area contributed by atoms with Gasteiger partial charge in [0.05, 0.1) is 0 Å². The van der Waals surface area contributed by atoms with E-state index >= 15 is 0 Å². The molecule has 1 heterocycles. The first-order valence-corrected chi connectivity index (χ1v) is 8.59. The van der Waals surface area contributed by atoms with Crippen molar-refractivity contribution in [1.82, 2.24) is 4.90 Å². The third-order valence-electron chi connectivity index (χ3n) is 4.00. The number of thioether (sulfide) groups is 1. The standard InChI is InChI=1S/C16H24N2O2S.ClH/c1-11-8-13(9-17)10-18(11)16(19)12(2)20-14-4-6-15(21-3)7-5-14;/h4-7,11-13H,8-10,17H2,1-3H3;1H. The van der Waals surface area contributed by atoms with E-state index in [4.69, 9.17) is 10.5 Å². The minimum atomic E-state index is -0.468. The Morgan fingerprint density at radius 2 is 2.09 bits per heavy atom. The van der Waals surface area contributed by atoms with E-state index in [1.54, 1.807) is 11.8 Å². The highest BCUT2D eigenvalue weighted by atomic mass is 35.5. The molecule has 0 saturated carbocycles. The minimum Gasteiger partial charge on any atom is -0.481 e. The van der Waals surface area contributed by atoms with Crippen molar-refractivity contribution < 1.29 is 9.53 Å². The summed E-state index contributed by atoms with van der Waals surface area (Å²) in [6.07, 6.45) is 2.55. The van der Waals surface area contributed by atoms with E-state index in [2.05, 4.69) is 6.92 Å². The lowest BCUT2D eigenvalue weighted by Gasteiger charge is -2.25. The predicted octanol–water partition coefficient (Wildman–Crippen LogP) is 2.79. The minimum absolute atomic E-state index is 0. The summed E-state index contributed by atoms with van der Waals surface area (Å²) in [7, 11) is 0. The molecule has 1 amide bonds. The number of rotatable bonds is 5. The summed E-state index contributed by atoms with van der Waals surface area (Å²) >= 11 is 1.68. The van der Waals surface area contributed by atoms with Crippen LogP contribution < -0.4 is 10.5 Å². The van der Waals surface area contributed by atoms with Crippen LogP contribution in [-0.2, 0) is 4.79 Å². The Morgan fingerprint density at radius 3 is 2.59 bits per heavy atom. The van der Waals surface area contributed by atoms with Crippen molar-refractivity contribution in [3.63, 3.8) is 0 Å². The van der Waals surface area contributed by atoms with Gasteiger partial charge < -0.3 is 15.4 Å². The number of hydrogen-bond acceptors (Lipinski definition) is 4. The molecule has 1 aromatic rings. The molecule has 124 valence electrons. The molecule has 22 heavy (non-hydrogen) atoms. The average molecular weight is 345 g/mol. The zero-order valence-corrected chi connectivity index (χ0v) is 15.0. The van der Waals surface area contributed by atoms with Crippen molar-refractivity contribution >= 4 is 30.1 Å². The lowest BCUT2D eigenvalue weighted by Crippen LogP contribution is -2.42. The second kappa shape index (κ2) is 8.65. The molecule has 1 aliphatic heterocycles. The fourth-order valence-electron chi connectivity index (χ4n) is 2.76. The summed E-state index contributed by atoms with van der Waals surface area (Å²) < 4.78 is 5.77. The lowest BCUT2D eigenvalue weighted by atomic mass is 10.1. The molecule has 1 aliphatic rings. The topological polar surface area (TPSA) is 55.6 Å². The van der Waals surface area contributed by atoms with Crippen LogP contribution in [0.25, 0.3) is 0 Å². The van der Waals surface area contributed by atoms with Crippen LogP contribution in [0.3, 0.4) is 0 Å². The van der Waals surface area contributed by atoms with Crippen LogP contribution in [0.2, 0.25) is 0 Å². The average Bonchev–Trinajstić information content (AvgIpc) is 2.88. The van der Waals surface area contributed by atoms with Crippen LogP contribution in [0.1, 0.15) is 20.3 Å². The molecule has 2 N–H and O–H groups in total. The van der Waals surface area contributed by atoms with Gasteiger partial charge in [-0.25, -0.2) is 0 Å². The second-order valence-electron chi connectivity index (χ2n) is 5.61. The van der Waals surface area contributed by atoms with E-state index in [1.165, 1.54) is 4.90 Å². The summed E-state index contributed by atoms with van der Waals surface area (Å²) in [5, 5.41) is 0. The Labute approximate surface area is 143 Å². The van der Waals surface area contributed by atoms with Crippen molar-refractivity contribution in [2.24, 2.45) is 11.7 Å². The second-order valence-corrected chi connectivity index (χ2v) is 6.49. The Morgan fingerprint density at radius 1 is 1.45 bits per heavy atom. The largest absolute Gasteiger partial charge is 0.481 e. The zero-order chi connectivity index (χ0) is 15.4. The maximum Gasteiger partial charge on any atom is 0.263 e. The number of amides is 1. The summed E-state index contributed by atoms with van der Waals surface area (Å²) in [4.78, 5) is 15.6. The Kier molecular flexibility index (Phi) is 7.53. The molecule has 6 heteroatoms. The number of carbonyl (C=O) groups excluding carboxylic acids is 1. The van der Waals surface area contributed by atoms with Gasteiger partial charge in [0.1, 0.15) is 5.75 Å². The maximum absolute atomic E-state index is 12.5. The van der Waals surface area contributed by atoms with Gasteiger partial charge in [-0.1, -0.05) is 0 Å². The van der Waals surface area contributed by atoms with Gasteiger partial charge in [-0.15, -0.1) is 24.2 Å². The van der Waals surface area contributed by atoms with E-state index < -0.39 is 6.10 Å². The molecule has 1 fully saturated rings. The van der Waals surface area contributed by atoms with E-state index in [-0.39, 0.29) is 24.4 Å². The van der Waals surface area contributed by atoms with Gasteiger partial charge >= 0.3 is 0 Å². The smallest absolute Gasteiger partial charge is 0.263 e.